The molecule has 0 aromatic heterocycles. The van der Waals surface area contributed by atoms with Crippen molar-refractivity contribution in [2.24, 2.45) is 11.8 Å². The normalized spacial score (nSPS) is 26.9. The van der Waals surface area contributed by atoms with E-state index in [-0.39, 0.29) is 29.7 Å². The molecular weight excluding hydrogens is 426 g/mol. The molecule has 3 aliphatic rings. The van der Waals surface area contributed by atoms with Crippen LogP contribution in [0.3, 0.4) is 0 Å². The molecule has 1 aromatic carbocycles. The van der Waals surface area contributed by atoms with Gasteiger partial charge in [-0.1, -0.05) is 19.9 Å². The van der Waals surface area contributed by atoms with Gasteiger partial charge in [0.1, 0.15) is 22.8 Å². The van der Waals surface area contributed by atoms with Crippen LogP contribution in [-0.2, 0) is 27.3 Å². The van der Waals surface area contributed by atoms with Crippen LogP contribution in [-0.4, -0.2) is 61.4 Å². The molecule has 0 aliphatic heterocycles. The summed E-state index contributed by atoms with van der Waals surface area (Å²) in [7, 11) is 0. The summed E-state index contributed by atoms with van der Waals surface area (Å²) in [4.78, 5) is 40.1. The second-order valence-corrected chi connectivity index (χ2v) is 9.16. The van der Waals surface area contributed by atoms with Crippen molar-refractivity contribution in [1.29, 1.82) is 0 Å². The predicted octanol–water partition coefficient (Wildman–Crippen LogP) is 2.37. The minimum absolute atomic E-state index is 0.0830. The molecule has 1 fully saturated rings. The van der Waals surface area contributed by atoms with Gasteiger partial charge in [0.25, 0.3) is 0 Å². The van der Waals surface area contributed by atoms with E-state index in [1.54, 1.807) is 0 Å². The Balaban J connectivity index is 1.87. The minimum Gasteiger partial charge on any atom is -0.508 e. The maximum Gasteiger partial charge on any atom is 0.202 e. The molecule has 0 bridgehead atoms. The van der Waals surface area contributed by atoms with Crippen LogP contribution >= 0.6 is 0 Å². The Hall–Kier alpha value is -2.97. The highest BCUT2D eigenvalue weighted by Gasteiger charge is 2.60. The molecule has 0 radical (unpaired) electrons. The van der Waals surface area contributed by atoms with Crippen LogP contribution in [0.5, 0.6) is 5.75 Å². The molecule has 33 heavy (non-hydrogen) atoms. The lowest BCUT2D eigenvalue weighted by molar-refractivity contribution is -0.147. The van der Waals surface area contributed by atoms with Crippen LogP contribution in [0.4, 0.5) is 0 Å². The van der Waals surface area contributed by atoms with Gasteiger partial charge < -0.3 is 20.4 Å². The first-order valence-electron chi connectivity index (χ1n) is 11.3. The fourth-order valence-electron chi connectivity index (χ4n) is 5.63. The van der Waals surface area contributed by atoms with Gasteiger partial charge in [0.2, 0.25) is 5.78 Å². The molecule has 0 saturated heterocycles. The van der Waals surface area contributed by atoms with Gasteiger partial charge in [-0.05, 0) is 56.0 Å². The van der Waals surface area contributed by atoms with Gasteiger partial charge in [0, 0.05) is 24.5 Å². The first-order valence-corrected chi connectivity index (χ1v) is 11.3. The lowest BCUT2D eigenvalue weighted by Gasteiger charge is -2.46. The number of ketones is 3. The number of Topliss-reactive ketones (excluding diaryl/α,β-unsaturated/α-hetero) is 3. The lowest BCUT2D eigenvalue weighted by Crippen LogP contribution is -2.57. The number of allylic oxidation sites excluding steroid dienone is 1. The van der Waals surface area contributed by atoms with E-state index < -0.39 is 51.9 Å². The van der Waals surface area contributed by atoms with E-state index in [1.165, 1.54) is 6.07 Å². The van der Waals surface area contributed by atoms with Crippen molar-refractivity contribution in [3.63, 3.8) is 0 Å². The molecule has 8 nitrogen and oxygen atoms in total. The number of benzene rings is 1. The van der Waals surface area contributed by atoms with Crippen molar-refractivity contribution < 1.29 is 34.8 Å². The largest absolute Gasteiger partial charge is 0.508 e. The van der Waals surface area contributed by atoms with Gasteiger partial charge in [0.15, 0.2) is 17.2 Å². The third kappa shape index (κ3) is 3.31. The highest BCUT2D eigenvalue weighted by Crippen LogP contribution is 2.52. The number of fused-ring (bicyclic) bond motifs is 3. The Kier molecular flexibility index (Phi) is 5.70. The Labute approximate surface area is 191 Å². The van der Waals surface area contributed by atoms with Gasteiger partial charge >= 0.3 is 0 Å². The number of nitrogens with zero attached hydrogens (tertiary/aromatic N) is 1. The lowest BCUT2D eigenvalue weighted by atomic mass is 9.59. The minimum atomic E-state index is -2.46. The van der Waals surface area contributed by atoms with E-state index in [0.717, 1.165) is 31.1 Å². The van der Waals surface area contributed by atoms with Gasteiger partial charge in [-0.25, -0.2) is 0 Å². The summed E-state index contributed by atoms with van der Waals surface area (Å²) in [6.45, 7) is 7.43. The third-order valence-electron chi connectivity index (χ3n) is 7.44. The summed E-state index contributed by atoms with van der Waals surface area (Å²) < 4.78 is 0. The third-order valence-corrected chi connectivity index (χ3v) is 7.44. The number of aliphatic hydroxyl groups is 3. The summed E-state index contributed by atoms with van der Waals surface area (Å²) in [5.74, 6) is -5.21. The molecular formula is C25H29NO7. The molecule has 0 amide bonds. The number of aromatic hydroxyl groups is 1. The van der Waals surface area contributed by atoms with E-state index in [0.29, 0.717) is 13.0 Å². The van der Waals surface area contributed by atoms with Crippen molar-refractivity contribution in [3.8, 4) is 5.75 Å². The van der Waals surface area contributed by atoms with Crippen molar-refractivity contribution in [2.45, 2.75) is 52.2 Å². The van der Waals surface area contributed by atoms with Gasteiger partial charge in [-0.15, -0.1) is 0 Å². The Morgan fingerprint density at radius 1 is 1.12 bits per heavy atom. The average Bonchev–Trinajstić information content (AvgIpc) is 2.75. The maximum atomic E-state index is 13.5. The highest BCUT2D eigenvalue weighted by molar-refractivity contribution is 6.23. The zero-order valence-electron chi connectivity index (χ0n) is 19.0. The molecule has 3 atom stereocenters. The van der Waals surface area contributed by atoms with Gasteiger partial charge in [-0.3, -0.25) is 19.3 Å². The summed E-state index contributed by atoms with van der Waals surface area (Å²) in [6, 6.07) is 3.29. The fourth-order valence-corrected chi connectivity index (χ4v) is 5.63. The number of hydrogen-bond donors (Lipinski definition) is 4. The smallest absolute Gasteiger partial charge is 0.202 e. The van der Waals surface area contributed by atoms with E-state index in [4.69, 9.17) is 0 Å². The van der Waals surface area contributed by atoms with E-state index in [1.807, 2.05) is 19.9 Å². The molecule has 1 aromatic rings. The summed E-state index contributed by atoms with van der Waals surface area (Å²) in [6.07, 6.45) is 0.268. The predicted molar refractivity (Wildman–Crippen MR) is 119 cm³/mol. The van der Waals surface area contributed by atoms with Crippen LogP contribution in [0.1, 0.15) is 50.3 Å². The van der Waals surface area contributed by atoms with E-state index in [2.05, 4.69) is 4.90 Å². The average molecular weight is 456 g/mol. The quantitative estimate of drug-likeness (QED) is 0.497. The molecule has 0 heterocycles. The SMILES string of the molecule is CCN(CC)Cc1ccc(O)c2c1C[C@H]1C[C@H]3CC(=O)C(C(C)=O)=C(O)[C@@]3(O)C(=O)C1=C2O. The molecule has 3 aliphatic carbocycles. The Bertz CT molecular complexity index is 1130. The molecule has 1 saturated carbocycles. The van der Waals surface area contributed by atoms with E-state index in [9.17, 15) is 34.8 Å². The van der Waals surface area contributed by atoms with Crippen LogP contribution in [0.2, 0.25) is 0 Å². The standard InChI is InChI=1S/C25H29NO7/c1-4-26(5-2)11-13-6-7-17(28)21-16(13)9-14-8-15-10-18(29)19(12(3)27)23(31)25(15,33)24(32)20(14)22(21)30/h6-7,14-15,28,30-31,33H,4-5,8-11H2,1-3H3/t14-,15+,25-/m1/s1. The zero-order valence-corrected chi connectivity index (χ0v) is 19.0. The highest BCUT2D eigenvalue weighted by atomic mass is 16.3. The molecule has 8 heteroatoms. The fraction of sp³-hybridized carbons (Fsp3) is 0.480. The number of phenolic OH excluding ortho intramolecular Hbond substituents is 1. The number of rotatable bonds is 5. The first-order chi connectivity index (χ1) is 15.6. The van der Waals surface area contributed by atoms with Crippen molar-refractivity contribution >= 4 is 23.1 Å². The number of phenols is 1. The number of carbonyl (C=O) groups excluding carboxylic acids is 3. The number of hydrogen-bond acceptors (Lipinski definition) is 8. The molecule has 0 spiro atoms. The summed E-state index contributed by atoms with van der Waals surface area (Å²) >= 11 is 0. The number of aliphatic hydroxyl groups excluding tert-OH is 2. The van der Waals surface area contributed by atoms with Crippen LogP contribution in [0.25, 0.3) is 5.76 Å². The van der Waals surface area contributed by atoms with Crippen molar-refractivity contribution in [2.75, 3.05) is 13.1 Å². The van der Waals surface area contributed by atoms with Crippen LogP contribution < -0.4 is 0 Å². The van der Waals surface area contributed by atoms with Crippen LogP contribution in [0.15, 0.2) is 29.0 Å². The van der Waals surface area contributed by atoms with Crippen molar-refractivity contribution in [3.05, 3.63) is 45.7 Å². The summed E-state index contributed by atoms with van der Waals surface area (Å²) in [5, 5.41) is 43.7. The molecule has 176 valence electrons. The Morgan fingerprint density at radius 3 is 2.39 bits per heavy atom. The number of carbonyl (C=O) groups is 3. The van der Waals surface area contributed by atoms with E-state index >= 15 is 0 Å². The van der Waals surface area contributed by atoms with Crippen LogP contribution in [0, 0.1) is 11.8 Å². The van der Waals surface area contributed by atoms with Crippen molar-refractivity contribution in [1.82, 2.24) is 4.90 Å². The zero-order chi connectivity index (χ0) is 24.2. The first kappa shape index (κ1) is 23.2. The second kappa shape index (κ2) is 8.11. The second-order valence-electron chi connectivity index (χ2n) is 9.16. The maximum absolute atomic E-state index is 13.5. The molecule has 4 rings (SSSR count). The monoisotopic (exact) mass is 455 g/mol. The van der Waals surface area contributed by atoms with Gasteiger partial charge in [-0.2, -0.15) is 0 Å². The Morgan fingerprint density at radius 2 is 1.79 bits per heavy atom. The topological polar surface area (TPSA) is 135 Å². The van der Waals surface area contributed by atoms with Gasteiger partial charge in [0.05, 0.1) is 5.56 Å². The molecule has 4 N–H and O–H groups in total. The molecule has 0 unspecified atom stereocenters. The summed E-state index contributed by atoms with van der Waals surface area (Å²) in [5.41, 5.74) is -1.30.